The maximum absolute atomic E-state index is 4.49. The average Bonchev–Trinajstić information content (AvgIpc) is 3.29. The van der Waals surface area contributed by atoms with E-state index in [0.717, 1.165) is 32.0 Å². The molecule has 5 rings (SSSR count). The number of piperazine rings is 1. The summed E-state index contributed by atoms with van der Waals surface area (Å²) < 4.78 is 1.94. The van der Waals surface area contributed by atoms with E-state index in [9.17, 15) is 0 Å². The summed E-state index contributed by atoms with van der Waals surface area (Å²) in [5, 5.41) is 12.9. The van der Waals surface area contributed by atoms with Crippen LogP contribution >= 0.6 is 0 Å². The van der Waals surface area contributed by atoms with Gasteiger partial charge in [0.15, 0.2) is 5.82 Å². The van der Waals surface area contributed by atoms with Crippen molar-refractivity contribution in [3.63, 3.8) is 0 Å². The largest absolute Gasteiger partial charge is 0.369 e. The molecule has 31 heavy (non-hydrogen) atoms. The van der Waals surface area contributed by atoms with Gasteiger partial charge in [-0.15, -0.1) is 5.10 Å². The first-order valence-electron chi connectivity index (χ1n) is 10.8. The first kappa shape index (κ1) is 19.5. The molecule has 0 bridgehead atoms. The van der Waals surface area contributed by atoms with E-state index in [0.29, 0.717) is 6.54 Å². The van der Waals surface area contributed by atoms with Gasteiger partial charge in [0.2, 0.25) is 0 Å². The predicted octanol–water partition coefficient (Wildman–Crippen LogP) is 3.63. The molecule has 156 valence electrons. The van der Waals surface area contributed by atoms with Crippen molar-refractivity contribution >= 4 is 5.69 Å². The van der Waals surface area contributed by atoms with Gasteiger partial charge in [-0.3, -0.25) is 4.90 Å². The van der Waals surface area contributed by atoms with Gasteiger partial charge in [-0.2, -0.15) is 0 Å². The van der Waals surface area contributed by atoms with E-state index in [1.807, 2.05) is 10.7 Å². The minimum atomic E-state index is 0.0258. The van der Waals surface area contributed by atoms with E-state index in [1.54, 1.807) is 0 Å². The van der Waals surface area contributed by atoms with E-state index < -0.39 is 0 Å². The molecule has 1 aliphatic heterocycles. The van der Waals surface area contributed by atoms with Gasteiger partial charge in [0, 0.05) is 31.9 Å². The Morgan fingerprint density at radius 3 is 2.00 bits per heavy atom. The summed E-state index contributed by atoms with van der Waals surface area (Å²) >= 11 is 0. The molecule has 1 fully saturated rings. The quantitative estimate of drug-likeness (QED) is 0.486. The average molecular weight is 411 g/mol. The minimum absolute atomic E-state index is 0.0258. The molecule has 0 amide bonds. The third-order valence-corrected chi connectivity index (χ3v) is 5.90. The molecule has 1 aliphatic rings. The van der Waals surface area contributed by atoms with Crippen LogP contribution in [-0.4, -0.2) is 51.3 Å². The van der Waals surface area contributed by atoms with Crippen molar-refractivity contribution in [1.82, 2.24) is 25.1 Å². The van der Waals surface area contributed by atoms with Crippen LogP contribution in [0, 0.1) is 0 Å². The molecule has 0 saturated carbocycles. The molecule has 0 spiro atoms. The molecule has 1 atom stereocenters. The van der Waals surface area contributed by atoms with E-state index in [2.05, 4.69) is 110 Å². The Labute approximate surface area is 182 Å². The lowest BCUT2D eigenvalue weighted by atomic mass is 10.0. The SMILES string of the molecule is c1ccc(Cn2nnnc2C(c2ccccc2)N2CCN(c3ccccc3)CC2)cc1. The molecule has 1 saturated heterocycles. The molecule has 1 unspecified atom stereocenters. The maximum Gasteiger partial charge on any atom is 0.173 e. The zero-order chi connectivity index (χ0) is 20.9. The predicted molar refractivity (Wildman–Crippen MR) is 122 cm³/mol. The fourth-order valence-corrected chi connectivity index (χ4v) is 4.31. The zero-order valence-electron chi connectivity index (χ0n) is 17.5. The van der Waals surface area contributed by atoms with Crippen molar-refractivity contribution in [2.75, 3.05) is 31.1 Å². The molecular weight excluding hydrogens is 384 g/mol. The number of tetrazole rings is 1. The number of hydrogen-bond acceptors (Lipinski definition) is 5. The molecule has 4 aromatic rings. The summed E-state index contributed by atoms with van der Waals surface area (Å²) in [4.78, 5) is 4.95. The van der Waals surface area contributed by atoms with Gasteiger partial charge in [0.05, 0.1) is 12.6 Å². The Morgan fingerprint density at radius 2 is 1.32 bits per heavy atom. The van der Waals surface area contributed by atoms with Crippen molar-refractivity contribution in [2.24, 2.45) is 0 Å². The minimum Gasteiger partial charge on any atom is -0.369 e. The van der Waals surface area contributed by atoms with Gasteiger partial charge < -0.3 is 4.90 Å². The van der Waals surface area contributed by atoms with Crippen molar-refractivity contribution in [3.05, 3.63) is 108 Å². The van der Waals surface area contributed by atoms with Crippen molar-refractivity contribution in [3.8, 4) is 0 Å². The fourth-order valence-electron chi connectivity index (χ4n) is 4.31. The Kier molecular flexibility index (Phi) is 5.71. The molecule has 0 aliphatic carbocycles. The van der Waals surface area contributed by atoms with Gasteiger partial charge in [-0.1, -0.05) is 78.9 Å². The molecule has 0 radical (unpaired) electrons. The van der Waals surface area contributed by atoms with Crippen LogP contribution in [0.5, 0.6) is 0 Å². The second-order valence-electron chi connectivity index (χ2n) is 7.85. The van der Waals surface area contributed by atoms with Crippen molar-refractivity contribution in [2.45, 2.75) is 12.6 Å². The molecule has 2 heterocycles. The van der Waals surface area contributed by atoms with Crippen molar-refractivity contribution < 1.29 is 0 Å². The molecule has 6 nitrogen and oxygen atoms in total. The number of aromatic nitrogens is 4. The molecule has 1 aromatic heterocycles. The summed E-state index contributed by atoms with van der Waals surface area (Å²) in [5.74, 6) is 0.892. The number of nitrogens with zero attached hydrogens (tertiary/aromatic N) is 6. The van der Waals surface area contributed by atoms with Crippen LogP contribution < -0.4 is 4.90 Å². The van der Waals surface area contributed by atoms with Gasteiger partial charge in [0.1, 0.15) is 0 Å². The van der Waals surface area contributed by atoms with E-state index in [4.69, 9.17) is 0 Å². The summed E-state index contributed by atoms with van der Waals surface area (Å²) in [6.07, 6.45) is 0. The molecule has 6 heteroatoms. The topological polar surface area (TPSA) is 50.1 Å². The highest BCUT2D eigenvalue weighted by Gasteiger charge is 2.30. The second-order valence-corrected chi connectivity index (χ2v) is 7.85. The van der Waals surface area contributed by atoms with Crippen molar-refractivity contribution in [1.29, 1.82) is 0 Å². The number of para-hydroxylation sites is 1. The van der Waals surface area contributed by atoms with Crippen LogP contribution in [0.1, 0.15) is 23.0 Å². The standard InChI is InChI=1S/C25H26N6/c1-4-10-21(11-5-1)20-31-25(26-27-28-31)24(22-12-6-2-7-13-22)30-18-16-29(17-19-30)23-14-8-3-9-15-23/h1-15,24H,16-20H2. The van der Waals surface area contributed by atoms with Gasteiger partial charge in [0.25, 0.3) is 0 Å². The number of benzene rings is 3. The summed E-state index contributed by atoms with van der Waals surface area (Å²) in [6, 6.07) is 31.6. The van der Waals surface area contributed by atoms with Crippen LogP contribution in [-0.2, 0) is 6.54 Å². The van der Waals surface area contributed by atoms with E-state index in [-0.39, 0.29) is 6.04 Å². The monoisotopic (exact) mass is 410 g/mol. The Morgan fingerprint density at radius 1 is 0.710 bits per heavy atom. The lowest BCUT2D eigenvalue weighted by molar-refractivity contribution is 0.201. The molecule has 3 aromatic carbocycles. The van der Waals surface area contributed by atoms with Crippen LogP contribution in [0.3, 0.4) is 0 Å². The fraction of sp³-hybridized carbons (Fsp3) is 0.240. The summed E-state index contributed by atoms with van der Waals surface area (Å²) in [6.45, 7) is 4.52. The lowest BCUT2D eigenvalue weighted by Crippen LogP contribution is -2.48. The highest BCUT2D eigenvalue weighted by atomic mass is 15.6. The van der Waals surface area contributed by atoms with Crippen LogP contribution in [0.2, 0.25) is 0 Å². The number of anilines is 1. The maximum atomic E-state index is 4.49. The lowest BCUT2D eigenvalue weighted by Gasteiger charge is -2.39. The number of hydrogen-bond donors (Lipinski definition) is 0. The summed E-state index contributed by atoms with van der Waals surface area (Å²) in [7, 11) is 0. The van der Waals surface area contributed by atoms with Gasteiger partial charge in [-0.25, -0.2) is 4.68 Å². The zero-order valence-corrected chi connectivity index (χ0v) is 17.5. The first-order chi connectivity index (χ1) is 15.4. The normalized spacial score (nSPS) is 15.7. The third kappa shape index (κ3) is 4.34. The third-order valence-electron chi connectivity index (χ3n) is 5.90. The van der Waals surface area contributed by atoms with Gasteiger partial charge in [-0.05, 0) is 33.7 Å². The van der Waals surface area contributed by atoms with Crippen LogP contribution in [0.25, 0.3) is 0 Å². The van der Waals surface area contributed by atoms with E-state index in [1.165, 1.54) is 16.8 Å². The molecule has 0 N–H and O–H groups in total. The van der Waals surface area contributed by atoms with Crippen LogP contribution in [0.4, 0.5) is 5.69 Å². The number of rotatable bonds is 6. The molecular formula is C25H26N6. The second kappa shape index (κ2) is 9.10. The first-order valence-corrected chi connectivity index (χ1v) is 10.8. The van der Waals surface area contributed by atoms with E-state index >= 15 is 0 Å². The highest BCUT2D eigenvalue weighted by molar-refractivity contribution is 5.46. The summed E-state index contributed by atoms with van der Waals surface area (Å²) in [5.41, 5.74) is 3.70. The Balaban J connectivity index is 1.41. The highest BCUT2D eigenvalue weighted by Crippen LogP contribution is 2.29. The van der Waals surface area contributed by atoms with Crippen LogP contribution in [0.15, 0.2) is 91.0 Å². The van der Waals surface area contributed by atoms with Gasteiger partial charge >= 0.3 is 0 Å². The Bertz CT molecular complexity index is 1070. The smallest absolute Gasteiger partial charge is 0.173 e. The Hall–Kier alpha value is -3.51.